The number of ether oxygens (including phenoxy) is 3. The molecule has 0 aromatic heterocycles. The van der Waals surface area contributed by atoms with Gasteiger partial charge in [-0.1, -0.05) is 38.1 Å². The summed E-state index contributed by atoms with van der Waals surface area (Å²) in [7, 11) is -3.99. The zero-order valence-corrected chi connectivity index (χ0v) is 22.2. The molecular formula is C26H35N2O7S. The van der Waals surface area contributed by atoms with Crippen molar-refractivity contribution >= 4 is 16.1 Å². The van der Waals surface area contributed by atoms with E-state index < -0.39 is 33.9 Å². The summed E-state index contributed by atoms with van der Waals surface area (Å²) in [5.41, 5.74) is 0.121. The minimum atomic E-state index is -3.99. The van der Waals surface area contributed by atoms with Crippen LogP contribution in [0.25, 0.3) is 0 Å². The lowest BCUT2D eigenvalue weighted by atomic mass is 10.0. The molecule has 36 heavy (non-hydrogen) atoms. The molecule has 3 rings (SSSR count). The zero-order valence-electron chi connectivity index (χ0n) is 21.4. The normalized spacial score (nSPS) is 15.1. The van der Waals surface area contributed by atoms with E-state index in [2.05, 4.69) is 11.4 Å². The average Bonchev–Trinajstić information content (AvgIpc) is 3.25. The molecule has 0 bridgehead atoms. The number of nitrogens with zero attached hydrogens (tertiary/aromatic N) is 1. The van der Waals surface area contributed by atoms with Crippen LogP contribution < -0.4 is 14.8 Å². The lowest BCUT2D eigenvalue weighted by Gasteiger charge is -2.31. The smallest absolute Gasteiger partial charge is 0.407 e. The molecule has 1 heterocycles. The molecule has 1 amide bonds. The van der Waals surface area contributed by atoms with Crippen LogP contribution >= 0.6 is 0 Å². The van der Waals surface area contributed by atoms with E-state index in [-0.39, 0.29) is 37.1 Å². The van der Waals surface area contributed by atoms with Gasteiger partial charge >= 0.3 is 6.09 Å². The van der Waals surface area contributed by atoms with Crippen molar-refractivity contribution < 1.29 is 32.5 Å². The van der Waals surface area contributed by atoms with E-state index in [9.17, 15) is 18.3 Å². The number of benzene rings is 2. The fourth-order valence-electron chi connectivity index (χ4n) is 3.75. The van der Waals surface area contributed by atoms with Gasteiger partial charge in [0.2, 0.25) is 16.8 Å². The van der Waals surface area contributed by atoms with Crippen molar-refractivity contribution in [2.24, 2.45) is 5.92 Å². The van der Waals surface area contributed by atoms with Crippen LogP contribution in [0.1, 0.15) is 40.2 Å². The first kappa shape index (κ1) is 27.8. The van der Waals surface area contributed by atoms with Gasteiger partial charge < -0.3 is 24.6 Å². The quantitative estimate of drug-likeness (QED) is 0.495. The first-order valence-corrected chi connectivity index (χ1v) is 13.3. The van der Waals surface area contributed by atoms with E-state index in [0.717, 1.165) is 5.56 Å². The first-order valence-electron chi connectivity index (χ1n) is 11.9. The van der Waals surface area contributed by atoms with Gasteiger partial charge in [0, 0.05) is 19.2 Å². The van der Waals surface area contributed by atoms with Gasteiger partial charge in [0.15, 0.2) is 11.5 Å². The van der Waals surface area contributed by atoms with Gasteiger partial charge in [0.25, 0.3) is 0 Å². The maximum atomic E-state index is 13.6. The Morgan fingerprint density at radius 2 is 1.81 bits per heavy atom. The Bertz CT molecular complexity index is 1130. The van der Waals surface area contributed by atoms with Crippen LogP contribution in [0.2, 0.25) is 0 Å². The highest BCUT2D eigenvalue weighted by molar-refractivity contribution is 7.89. The third-order valence-electron chi connectivity index (χ3n) is 5.35. The molecular weight excluding hydrogens is 484 g/mol. The van der Waals surface area contributed by atoms with Gasteiger partial charge in [-0.25, -0.2) is 13.2 Å². The highest BCUT2D eigenvalue weighted by atomic mass is 32.2. The molecule has 0 fully saturated rings. The largest absolute Gasteiger partial charge is 0.454 e. The zero-order chi connectivity index (χ0) is 26.5. The Morgan fingerprint density at radius 1 is 1.14 bits per heavy atom. The number of hydrogen-bond acceptors (Lipinski definition) is 7. The van der Waals surface area contributed by atoms with E-state index in [4.69, 9.17) is 14.2 Å². The molecule has 10 heteroatoms. The van der Waals surface area contributed by atoms with E-state index in [1.807, 2.05) is 26.0 Å². The Kier molecular flexibility index (Phi) is 8.86. The van der Waals surface area contributed by atoms with E-state index >= 15 is 0 Å². The lowest BCUT2D eigenvalue weighted by molar-refractivity contribution is 0.0400. The van der Waals surface area contributed by atoms with Gasteiger partial charge in [0.05, 0.1) is 17.0 Å². The molecule has 9 nitrogen and oxygen atoms in total. The number of aliphatic hydroxyl groups excluding tert-OH is 1. The number of carbonyl (C=O) groups is 1. The number of rotatable bonds is 10. The third-order valence-corrected chi connectivity index (χ3v) is 7.18. The highest BCUT2D eigenvalue weighted by Gasteiger charge is 2.33. The summed E-state index contributed by atoms with van der Waals surface area (Å²) in [5, 5.41) is 14.0. The van der Waals surface area contributed by atoms with Crippen LogP contribution in [-0.4, -0.2) is 61.6 Å². The van der Waals surface area contributed by atoms with E-state index in [1.54, 1.807) is 39.0 Å². The minimum Gasteiger partial charge on any atom is -0.454 e. The number of amides is 1. The number of nitrogens with one attached hydrogen (secondary N) is 1. The fourth-order valence-corrected chi connectivity index (χ4v) is 5.39. The van der Waals surface area contributed by atoms with E-state index in [1.165, 1.54) is 16.4 Å². The van der Waals surface area contributed by atoms with Gasteiger partial charge in [-0.15, -0.1) is 0 Å². The lowest BCUT2D eigenvalue weighted by Crippen LogP contribution is -2.51. The molecule has 0 spiro atoms. The van der Waals surface area contributed by atoms with Gasteiger partial charge in [-0.05, 0) is 56.9 Å². The van der Waals surface area contributed by atoms with Gasteiger partial charge in [0.1, 0.15) is 5.60 Å². The number of aliphatic hydroxyl groups is 1. The molecule has 0 saturated carbocycles. The molecule has 0 aliphatic carbocycles. The number of fused-ring (bicyclic) bond motifs is 1. The summed E-state index contributed by atoms with van der Waals surface area (Å²) in [6.45, 7) is 9.00. The molecule has 1 aliphatic heterocycles. The molecule has 197 valence electrons. The summed E-state index contributed by atoms with van der Waals surface area (Å²) >= 11 is 0. The van der Waals surface area contributed by atoms with Crippen molar-refractivity contribution in [3.05, 3.63) is 54.1 Å². The Morgan fingerprint density at radius 3 is 2.44 bits per heavy atom. The first-order chi connectivity index (χ1) is 16.8. The maximum Gasteiger partial charge on any atom is 0.407 e. The van der Waals surface area contributed by atoms with Crippen LogP contribution in [0.15, 0.2) is 47.4 Å². The summed E-state index contributed by atoms with van der Waals surface area (Å²) in [6, 6.07) is 13.7. The molecule has 1 aliphatic rings. The van der Waals surface area contributed by atoms with Crippen LogP contribution in [0.3, 0.4) is 0 Å². The second-order valence-electron chi connectivity index (χ2n) is 10.2. The second kappa shape index (κ2) is 11.5. The molecule has 0 unspecified atom stereocenters. The van der Waals surface area contributed by atoms with Gasteiger partial charge in [-0.3, -0.25) is 0 Å². The fraction of sp³-hybridized carbons (Fsp3) is 0.500. The Hall–Kier alpha value is -2.82. The molecule has 2 aromatic carbocycles. The van der Waals surface area contributed by atoms with Crippen molar-refractivity contribution in [2.75, 3.05) is 19.9 Å². The van der Waals surface area contributed by atoms with Crippen LogP contribution in [0.4, 0.5) is 4.79 Å². The van der Waals surface area contributed by atoms with Crippen molar-refractivity contribution in [1.29, 1.82) is 0 Å². The average molecular weight is 520 g/mol. The molecule has 1 radical (unpaired) electrons. The minimum absolute atomic E-state index is 0.0112. The number of hydrogen-bond donors (Lipinski definition) is 2. The second-order valence-corrected chi connectivity index (χ2v) is 12.1. The number of sulfonamides is 1. The Balaban J connectivity index is 1.85. The topological polar surface area (TPSA) is 114 Å². The van der Waals surface area contributed by atoms with Crippen LogP contribution in [-0.2, 0) is 21.2 Å². The van der Waals surface area contributed by atoms with Crippen LogP contribution in [0.5, 0.6) is 11.5 Å². The van der Waals surface area contributed by atoms with Crippen molar-refractivity contribution in [1.82, 2.24) is 9.62 Å². The predicted molar refractivity (Wildman–Crippen MR) is 134 cm³/mol. The number of carbonyl (C=O) groups excluding carboxylic acids is 1. The Labute approximate surface area is 213 Å². The third kappa shape index (κ3) is 7.59. The maximum absolute atomic E-state index is 13.6. The SMILES string of the molecule is CC(C)CN(C[C@@H](O)[C@H](Cc1cc[c]cc1)NC(=O)OC(C)(C)C)S(=O)(=O)c1ccc2c(c1)OCO2. The standard InChI is InChI=1S/C26H35N2O7S/c1-18(2)15-28(36(31,32)20-11-12-23-24(14-20)34-17-33-23)16-22(29)21(13-19-9-7-6-8-10-19)27-25(30)35-26(3,4)5/h7-12,14,18,21-22,29H,13,15-17H2,1-5H3,(H,27,30)/t21-,22+/m0/s1. The van der Waals surface area contributed by atoms with Crippen molar-refractivity contribution in [3.8, 4) is 11.5 Å². The van der Waals surface area contributed by atoms with Crippen LogP contribution in [0, 0.1) is 12.0 Å². The molecule has 2 atom stereocenters. The molecule has 2 N–H and O–H groups in total. The summed E-state index contributed by atoms with van der Waals surface area (Å²) in [5.74, 6) is 0.820. The molecule has 2 aromatic rings. The molecule has 0 saturated heterocycles. The van der Waals surface area contributed by atoms with Gasteiger partial charge in [-0.2, -0.15) is 4.31 Å². The van der Waals surface area contributed by atoms with Crippen molar-refractivity contribution in [3.63, 3.8) is 0 Å². The summed E-state index contributed by atoms with van der Waals surface area (Å²) in [6.07, 6.45) is -1.64. The monoisotopic (exact) mass is 519 g/mol. The van der Waals surface area contributed by atoms with E-state index in [0.29, 0.717) is 11.5 Å². The highest BCUT2D eigenvalue weighted by Crippen LogP contribution is 2.34. The summed E-state index contributed by atoms with van der Waals surface area (Å²) in [4.78, 5) is 12.6. The number of alkyl carbamates (subject to hydrolysis) is 1. The predicted octanol–water partition coefficient (Wildman–Crippen LogP) is 3.36. The summed E-state index contributed by atoms with van der Waals surface area (Å²) < 4.78 is 44.4. The van der Waals surface area contributed by atoms with Crippen molar-refractivity contribution in [2.45, 2.75) is 63.7 Å².